The van der Waals surface area contributed by atoms with Gasteiger partial charge in [0.15, 0.2) is 0 Å². The van der Waals surface area contributed by atoms with Crippen LogP contribution in [0.15, 0.2) is 18.3 Å². The van der Waals surface area contributed by atoms with E-state index in [1.165, 1.54) is 0 Å². The molecule has 1 aliphatic rings. The minimum absolute atomic E-state index is 0.0280. The average Bonchev–Trinajstić information content (AvgIpc) is 2.40. The van der Waals surface area contributed by atoms with Crippen molar-refractivity contribution < 1.29 is 4.79 Å². The molecule has 0 saturated carbocycles. The molecule has 0 aromatic carbocycles. The Morgan fingerprint density at radius 1 is 1.39 bits per heavy atom. The van der Waals surface area contributed by atoms with Crippen molar-refractivity contribution in [1.29, 1.82) is 0 Å². The molecule has 1 aliphatic heterocycles. The zero-order valence-electron chi connectivity index (χ0n) is 10.9. The molecule has 1 amide bonds. The number of carbonyl (C=O) groups excluding carboxylic acids is 1. The molecule has 1 saturated heterocycles. The molecule has 2 N–H and O–H groups in total. The Kier molecular flexibility index (Phi) is 4.15. The molecule has 0 radical (unpaired) electrons. The molecule has 0 spiro atoms. The number of aromatic nitrogens is 1. The Hall–Kier alpha value is -1.62. The Labute approximate surface area is 108 Å². The Balaban J connectivity index is 1.95. The first kappa shape index (κ1) is 12.8. The lowest BCUT2D eigenvalue weighted by atomic mass is 10.1. The van der Waals surface area contributed by atoms with Crippen LogP contribution >= 0.6 is 0 Å². The van der Waals surface area contributed by atoms with Crippen molar-refractivity contribution in [2.75, 3.05) is 32.1 Å². The van der Waals surface area contributed by atoms with Crippen LogP contribution in [-0.4, -0.2) is 44.1 Å². The summed E-state index contributed by atoms with van der Waals surface area (Å²) in [5, 5.41) is 6.33. The van der Waals surface area contributed by atoms with E-state index in [4.69, 9.17) is 0 Å². The summed E-state index contributed by atoms with van der Waals surface area (Å²) >= 11 is 0. The minimum Gasteiger partial charge on any atom is -0.363 e. The second kappa shape index (κ2) is 5.82. The van der Waals surface area contributed by atoms with Gasteiger partial charge in [-0.3, -0.25) is 4.79 Å². The zero-order valence-corrected chi connectivity index (χ0v) is 10.9. The number of anilines is 1. The van der Waals surface area contributed by atoms with Gasteiger partial charge in [0.2, 0.25) is 0 Å². The highest BCUT2D eigenvalue weighted by Gasteiger charge is 2.16. The first-order valence-electron chi connectivity index (χ1n) is 6.32. The Morgan fingerprint density at radius 3 is 2.67 bits per heavy atom. The van der Waals surface area contributed by atoms with Gasteiger partial charge in [-0.1, -0.05) is 0 Å². The molecule has 1 fully saturated rings. The molecule has 0 aliphatic carbocycles. The molecular weight excluding hydrogens is 228 g/mol. The van der Waals surface area contributed by atoms with Crippen molar-refractivity contribution >= 4 is 11.7 Å². The molecule has 0 atom stereocenters. The summed E-state index contributed by atoms with van der Waals surface area (Å²) in [4.78, 5) is 18.2. The summed E-state index contributed by atoms with van der Waals surface area (Å²) in [5.74, 6) is 0.827. The standard InChI is InChI=1S/C13H20N4O/c1-17(2)12-4-3-10(9-15-12)13(18)16-11-5-7-14-8-6-11/h3-4,9,11,14H,5-8H2,1-2H3,(H,16,18). The number of nitrogens with one attached hydrogen (secondary N) is 2. The lowest BCUT2D eigenvalue weighted by Crippen LogP contribution is -2.42. The van der Waals surface area contributed by atoms with E-state index in [9.17, 15) is 4.79 Å². The van der Waals surface area contributed by atoms with Crippen LogP contribution in [0.1, 0.15) is 23.2 Å². The number of hydrogen-bond donors (Lipinski definition) is 2. The highest BCUT2D eigenvalue weighted by atomic mass is 16.1. The van der Waals surface area contributed by atoms with Gasteiger partial charge >= 0.3 is 0 Å². The smallest absolute Gasteiger partial charge is 0.253 e. The van der Waals surface area contributed by atoms with E-state index in [1.807, 2.05) is 31.1 Å². The van der Waals surface area contributed by atoms with Crippen LogP contribution in [0, 0.1) is 0 Å². The second-order valence-electron chi connectivity index (χ2n) is 4.80. The third kappa shape index (κ3) is 3.20. The predicted molar refractivity (Wildman–Crippen MR) is 71.9 cm³/mol. The molecule has 2 rings (SSSR count). The van der Waals surface area contributed by atoms with Crippen molar-refractivity contribution in [1.82, 2.24) is 15.6 Å². The highest BCUT2D eigenvalue weighted by Crippen LogP contribution is 2.09. The third-order valence-corrected chi connectivity index (χ3v) is 3.14. The third-order valence-electron chi connectivity index (χ3n) is 3.14. The number of hydrogen-bond acceptors (Lipinski definition) is 4. The number of carbonyl (C=O) groups is 1. The fraction of sp³-hybridized carbons (Fsp3) is 0.538. The number of amides is 1. The monoisotopic (exact) mass is 248 g/mol. The summed E-state index contributed by atoms with van der Waals surface area (Å²) in [6.07, 6.45) is 3.62. The van der Waals surface area contributed by atoms with Gasteiger partial charge in [0.1, 0.15) is 5.82 Å². The minimum atomic E-state index is -0.0280. The normalized spacial score (nSPS) is 16.3. The summed E-state index contributed by atoms with van der Waals surface area (Å²) < 4.78 is 0. The highest BCUT2D eigenvalue weighted by molar-refractivity contribution is 5.94. The summed E-state index contributed by atoms with van der Waals surface area (Å²) in [6.45, 7) is 1.95. The summed E-state index contributed by atoms with van der Waals surface area (Å²) in [6, 6.07) is 3.96. The van der Waals surface area contributed by atoms with Crippen LogP contribution in [0.4, 0.5) is 5.82 Å². The average molecular weight is 248 g/mol. The van der Waals surface area contributed by atoms with Crippen LogP contribution < -0.4 is 15.5 Å². The van der Waals surface area contributed by atoms with E-state index in [0.29, 0.717) is 5.56 Å². The number of rotatable bonds is 3. The zero-order chi connectivity index (χ0) is 13.0. The summed E-state index contributed by atoms with van der Waals surface area (Å²) in [7, 11) is 3.86. The molecule has 2 heterocycles. The van der Waals surface area contributed by atoms with Crippen LogP contribution in [0.5, 0.6) is 0 Å². The topological polar surface area (TPSA) is 57.3 Å². The van der Waals surface area contributed by atoms with E-state index in [-0.39, 0.29) is 11.9 Å². The number of pyridine rings is 1. The van der Waals surface area contributed by atoms with Crippen molar-refractivity contribution in [2.24, 2.45) is 0 Å². The first-order chi connectivity index (χ1) is 8.66. The fourth-order valence-corrected chi connectivity index (χ4v) is 2.02. The molecule has 18 heavy (non-hydrogen) atoms. The number of nitrogens with zero attached hydrogens (tertiary/aromatic N) is 2. The van der Waals surface area contributed by atoms with Gasteiger partial charge in [-0.25, -0.2) is 4.98 Å². The van der Waals surface area contributed by atoms with Gasteiger partial charge < -0.3 is 15.5 Å². The van der Waals surface area contributed by atoms with Crippen molar-refractivity contribution in [3.63, 3.8) is 0 Å². The fourth-order valence-electron chi connectivity index (χ4n) is 2.02. The second-order valence-corrected chi connectivity index (χ2v) is 4.80. The van der Waals surface area contributed by atoms with Gasteiger partial charge in [-0.05, 0) is 38.1 Å². The van der Waals surface area contributed by atoms with E-state index in [1.54, 1.807) is 6.20 Å². The maximum Gasteiger partial charge on any atom is 0.253 e. The van der Waals surface area contributed by atoms with Gasteiger partial charge in [-0.15, -0.1) is 0 Å². The molecule has 98 valence electrons. The van der Waals surface area contributed by atoms with E-state index < -0.39 is 0 Å². The Bertz CT molecular complexity index is 396. The first-order valence-corrected chi connectivity index (χ1v) is 6.32. The molecule has 1 aromatic heterocycles. The molecule has 5 nitrogen and oxygen atoms in total. The Morgan fingerprint density at radius 2 is 2.11 bits per heavy atom. The van der Waals surface area contributed by atoms with Crippen LogP contribution in [0.25, 0.3) is 0 Å². The largest absolute Gasteiger partial charge is 0.363 e. The van der Waals surface area contributed by atoms with Crippen LogP contribution in [-0.2, 0) is 0 Å². The van der Waals surface area contributed by atoms with E-state index in [2.05, 4.69) is 15.6 Å². The molecular formula is C13H20N4O. The van der Waals surface area contributed by atoms with Crippen LogP contribution in [0.2, 0.25) is 0 Å². The predicted octanol–water partition coefficient (Wildman–Crippen LogP) is 0.629. The van der Waals surface area contributed by atoms with Gasteiger partial charge in [0.25, 0.3) is 5.91 Å². The molecule has 5 heteroatoms. The van der Waals surface area contributed by atoms with E-state index in [0.717, 1.165) is 31.7 Å². The number of piperidine rings is 1. The molecule has 1 aromatic rings. The quantitative estimate of drug-likeness (QED) is 0.824. The van der Waals surface area contributed by atoms with E-state index >= 15 is 0 Å². The van der Waals surface area contributed by atoms with Gasteiger partial charge in [-0.2, -0.15) is 0 Å². The maximum atomic E-state index is 12.0. The maximum absolute atomic E-state index is 12.0. The molecule has 0 unspecified atom stereocenters. The molecule has 0 bridgehead atoms. The van der Waals surface area contributed by atoms with Gasteiger partial charge in [0.05, 0.1) is 5.56 Å². The van der Waals surface area contributed by atoms with Crippen molar-refractivity contribution in [3.8, 4) is 0 Å². The lowest BCUT2D eigenvalue weighted by molar-refractivity contribution is 0.0929. The van der Waals surface area contributed by atoms with Crippen LogP contribution in [0.3, 0.4) is 0 Å². The summed E-state index contributed by atoms with van der Waals surface area (Å²) in [5.41, 5.74) is 0.624. The van der Waals surface area contributed by atoms with Gasteiger partial charge in [0, 0.05) is 26.3 Å². The van der Waals surface area contributed by atoms with Crippen molar-refractivity contribution in [2.45, 2.75) is 18.9 Å². The lowest BCUT2D eigenvalue weighted by Gasteiger charge is -2.23. The SMILES string of the molecule is CN(C)c1ccc(C(=O)NC2CCNCC2)cn1. The van der Waals surface area contributed by atoms with Crippen molar-refractivity contribution in [3.05, 3.63) is 23.9 Å².